The lowest BCUT2D eigenvalue weighted by Crippen LogP contribution is -2.53. The summed E-state index contributed by atoms with van der Waals surface area (Å²) in [6.45, 7) is 1.93. The van der Waals surface area contributed by atoms with Gasteiger partial charge in [0.1, 0.15) is 0 Å². The molecule has 1 aliphatic heterocycles. The maximum Gasteiger partial charge on any atom is 0.226 e. The highest BCUT2D eigenvalue weighted by atomic mass is 16.5. The van der Waals surface area contributed by atoms with Crippen LogP contribution >= 0.6 is 0 Å². The van der Waals surface area contributed by atoms with Crippen LogP contribution in [0.15, 0.2) is 12.1 Å². The highest BCUT2D eigenvalue weighted by molar-refractivity contribution is 5.83. The van der Waals surface area contributed by atoms with Crippen LogP contribution in [-0.4, -0.2) is 44.0 Å². The summed E-state index contributed by atoms with van der Waals surface area (Å²) in [5.41, 5.74) is 2.24. The summed E-state index contributed by atoms with van der Waals surface area (Å²) in [7, 11) is 3.28. The third-order valence-electron chi connectivity index (χ3n) is 8.44. The van der Waals surface area contributed by atoms with Crippen LogP contribution in [0.5, 0.6) is 11.5 Å². The van der Waals surface area contributed by atoms with Crippen LogP contribution in [0.1, 0.15) is 62.5 Å². The number of carbonyl (C=O) groups is 2. The van der Waals surface area contributed by atoms with Crippen LogP contribution in [0.25, 0.3) is 0 Å². The number of nitrogens with one attached hydrogen (secondary N) is 1. The fourth-order valence-electron chi connectivity index (χ4n) is 7.27. The molecule has 4 aliphatic carbocycles. The first-order valence-electron chi connectivity index (χ1n) is 12.3. The van der Waals surface area contributed by atoms with E-state index in [9.17, 15) is 9.59 Å². The zero-order chi connectivity index (χ0) is 22.3. The molecular weight excluding hydrogens is 404 g/mol. The lowest BCUT2D eigenvalue weighted by Gasteiger charge is -2.55. The number of benzene rings is 1. The number of nitrogens with zero attached hydrogens (tertiary/aromatic N) is 1. The van der Waals surface area contributed by atoms with Crippen molar-refractivity contribution in [1.82, 2.24) is 10.2 Å². The topological polar surface area (TPSA) is 67.9 Å². The second-order valence-electron chi connectivity index (χ2n) is 10.6. The number of hydrogen-bond donors (Lipinski definition) is 1. The van der Waals surface area contributed by atoms with E-state index in [0.717, 1.165) is 61.3 Å². The van der Waals surface area contributed by atoms with Gasteiger partial charge in [0.15, 0.2) is 11.5 Å². The van der Waals surface area contributed by atoms with Gasteiger partial charge in [0, 0.05) is 31.5 Å². The van der Waals surface area contributed by atoms with Crippen LogP contribution in [0.2, 0.25) is 0 Å². The minimum absolute atomic E-state index is 0.102. The van der Waals surface area contributed by atoms with Gasteiger partial charge in [-0.2, -0.15) is 0 Å². The minimum atomic E-state index is -0.102. The van der Waals surface area contributed by atoms with Crippen molar-refractivity contribution < 1.29 is 19.1 Å². The smallest absolute Gasteiger partial charge is 0.226 e. The zero-order valence-corrected chi connectivity index (χ0v) is 19.5. The van der Waals surface area contributed by atoms with Crippen molar-refractivity contribution in [1.29, 1.82) is 0 Å². The fourth-order valence-corrected chi connectivity index (χ4v) is 7.27. The summed E-state index contributed by atoms with van der Waals surface area (Å²) in [5, 5.41) is 3.20. The second kappa shape index (κ2) is 8.60. The van der Waals surface area contributed by atoms with Gasteiger partial charge in [0.2, 0.25) is 11.8 Å². The molecule has 1 heterocycles. The number of ether oxygens (including phenoxy) is 2. The van der Waals surface area contributed by atoms with Crippen molar-refractivity contribution >= 4 is 11.8 Å². The average Bonchev–Trinajstić information content (AvgIpc) is 2.79. The number of hydrogen-bond acceptors (Lipinski definition) is 4. The van der Waals surface area contributed by atoms with E-state index in [1.165, 1.54) is 24.8 Å². The van der Waals surface area contributed by atoms with E-state index in [-0.39, 0.29) is 17.2 Å². The van der Waals surface area contributed by atoms with Crippen molar-refractivity contribution in [2.24, 2.45) is 23.2 Å². The summed E-state index contributed by atoms with van der Waals surface area (Å²) in [4.78, 5) is 27.8. The normalized spacial score (nSPS) is 30.1. The van der Waals surface area contributed by atoms with Gasteiger partial charge in [-0.1, -0.05) is 0 Å². The molecule has 0 saturated heterocycles. The highest BCUT2D eigenvalue weighted by Gasteiger charge is 2.54. The Bertz CT molecular complexity index is 861. The molecule has 4 saturated carbocycles. The van der Waals surface area contributed by atoms with E-state index in [2.05, 4.69) is 5.32 Å². The summed E-state index contributed by atoms with van der Waals surface area (Å²) in [6.07, 6.45) is 9.30. The third-order valence-corrected chi connectivity index (χ3v) is 8.44. The van der Waals surface area contributed by atoms with Gasteiger partial charge < -0.3 is 19.7 Å². The van der Waals surface area contributed by atoms with Gasteiger partial charge in [-0.05, 0) is 92.4 Å². The van der Waals surface area contributed by atoms with E-state index in [1.54, 1.807) is 14.2 Å². The Kier molecular flexibility index (Phi) is 5.81. The summed E-state index contributed by atoms with van der Waals surface area (Å²) >= 11 is 0. The van der Waals surface area contributed by atoms with Crippen LogP contribution in [0.4, 0.5) is 0 Å². The Balaban J connectivity index is 1.10. The molecule has 0 spiro atoms. The van der Waals surface area contributed by atoms with Crippen molar-refractivity contribution in [2.45, 2.75) is 64.3 Å². The molecule has 0 atom stereocenters. The third kappa shape index (κ3) is 3.97. The molecule has 6 nitrogen and oxygen atoms in total. The van der Waals surface area contributed by atoms with Crippen molar-refractivity contribution in [3.05, 3.63) is 23.3 Å². The summed E-state index contributed by atoms with van der Waals surface area (Å²) in [5.74, 6) is 4.18. The van der Waals surface area contributed by atoms with Crippen LogP contribution in [0.3, 0.4) is 0 Å². The molecule has 4 fully saturated rings. The molecule has 6 heteroatoms. The largest absolute Gasteiger partial charge is 0.493 e. The van der Waals surface area contributed by atoms with E-state index < -0.39 is 0 Å². The predicted molar refractivity (Wildman–Crippen MR) is 122 cm³/mol. The Hall–Kier alpha value is -2.24. The Labute approximate surface area is 191 Å². The monoisotopic (exact) mass is 440 g/mol. The van der Waals surface area contributed by atoms with E-state index in [1.807, 2.05) is 17.0 Å². The molecular formula is C26H36N2O4. The van der Waals surface area contributed by atoms with Crippen molar-refractivity contribution in [3.63, 3.8) is 0 Å². The molecule has 0 radical (unpaired) electrons. The lowest BCUT2D eigenvalue weighted by atomic mass is 9.49. The first kappa shape index (κ1) is 21.6. The fraction of sp³-hybridized carbons (Fsp3) is 0.692. The molecule has 0 aromatic heterocycles. The number of methoxy groups -OCH3 is 2. The van der Waals surface area contributed by atoms with E-state index in [0.29, 0.717) is 31.7 Å². The first-order chi connectivity index (χ1) is 15.5. The summed E-state index contributed by atoms with van der Waals surface area (Å²) in [6, 6.07) is 4.01. The maximum absolute atomic E-state index is 13.1. The maximum atomic E-state index is 13.1. The van der Waals surface area contributed by atoms with E-state index in [4.69, 9.17) is 9.47 Å². The Morgan fingerprint density at radius 2 is 1.59 bits per heavy atom. The predicted octanol–water partition coefficient (Wildman–Crippen LogP) is 3.70. The minimum Gasteiger partial charge on any atom is -0.493 e. The molecule has 1 aromatic rings. The quantitative estimate of drug-likeness (QED) is 0.657. The molecule has 1 N–H and O–H groups in total. The first-order valence-corrected chi connectivity index (χ1v) is 12.3. The molecule has 5 aliphatic rings. The SMILES string of the molecule is COc1cc2c(cc1OC)CN(C(=O)CCCNC(=O)C13CC4CC(CC(C4)C1)C3)CC2. The van der Waals surface area contributed by atoms with Gasteiger partial charge in [-0.25, -0.2) is 0 Å². The standard InChI is InChI=1S/C26H36N2O4/c1-31-22-11-20-5-7-28(16-21(20)12-23(22)32-2)24(29)4-3-6-27-25(30)26-13-17-8-18(14-26)10-19(9-17)15-26/h11-12,17-19H,3-10,13-16H2,1-2H3,(H,27,30). The molecule has 1 aromatic carbocycles. The highest BCUT2D eigenvalue weighted by Crippen LogP contribution is 2.60. The van der Waals surface area contributed by atoms with Crippen molar-refractivity contribution in [3.8, 4) is 11.5 Å². The van der Waals surface area contributed by atoms with E-state index >= 15 is 0 Å². The Morgan fingerprint density at radius 3 is 2.19 bits per heavy atom. The number of amides is 2. The van der Waals surface area contributed by atoms with Crippen molar-refractivity contribution in [2.75, 3.05) is 27.3 Å². The Morgan fingerprint density at radius 1 is 1.00 bits per heavy atom. The zero-order valence-electron chi connectivity index (χ0n) is 19.5. The number of fused-ring (bicyclic) bond motifs is 1. The van der Waals surface area contributed by atoms with Gasteiger partial charge in [-0.3, -0.25) is 9.59 Å². The number of carbonyl (C=O) groups excluding carboxylic acids is 2. The average molecular weight is 441 g/mol. The molecule has 6 rings (SSSR count). The molecule has 32 heavy (non-hydrogen) atoms. The van der Waals surface area contributed by atoms with Gasteiger partial charge in [-0.15, -0.1) is 0 Å². The second-order valence-corrected chi connectivity index (χ2v) is 10.6. The molecule has 4 bridgehead atoms. The van der Waals surface area contributed by atoms with Crippen LogP contribution < -0.4 is 14.8 Å². The van der Waals surface area contributed by atoms with Gasteiger partial charge >= 0.3 is 0 Å². The molecule has 174 valence electrons. The lowest BCUT2D eigenvalue weighted by molar-refractivity contribution is -0.146. The summed E-state index contributed by atoms with van der Waals surface area (Å²) < 4.78 is 10.8. The molecule has 0 unspecified atom stereocenters. The molecule has 2 amide bonds. The van der Waals surface area contributed by atoms with Gasteiger partial charge in [0.05, 0.1) is 14.2 Å². The number of rotatable bonds is 7. The van der Waals surface area contributed by atoms with Crippen LogP contribution in [0, 0.1) is 23.2 Å². The van der Waals surface area contributed by atoms with Crippen LogP contribution in [-0.2, 0) is 22.6 Å². The van der Waals surface area contributed by atoms with Gasteiger partial charge in [0.25, 0.3) is 0 Å².